The molecule has 0 aliphatic heterocycles. The molecule has 0 rings (SSSR count). The van der Waals surface area contributed by atoms with Gasteiger partial charge in [0, 0.05) is 0 Å². The van der Waals surface area contributed by atoms with Crippen LogP contribution in [-0.2, 0) is 4.43 Å². The molecule has 0 spiro atoms. The van der Waals surface area contributed by atoms with E-state index in [0.717, 1.165) is 0 Å². The van der Waals surface area contributed by atoms with Crippen molar-refractivity contribution >= 4 is 9.04 Å². The minimum atomic E-state index is -5.29. The number of alkyl halides is 6. The van der Waals surface area contributed by atoms with Gasteiger partial charge < -0.3 is 4.43 Å². The number of rotatable bonds is 3. The quantitative estimate of drug-likeness (QED) is 0.544. The van der Waals surface area contributed by atoms with Crippen LogP contribution < -0.4 is 0 Å². The highest BCUT2D eigenvalue weighted by molar-refractivity contribution is 6.48. The minimum Gasteiger partial charge on any atom is -0.420 e. The fourth-order valence-corrected chi connectivity index (χ4v) is 1.24. The van der Waals surface area contributed by atoms with Gasteiger partial charge in [-0.2, -0.15) is 26.3 Å². The third-order valence-electron chi connectivity index (χ3n) is 1.39. The van der Waals surface area contributed by atoms with Crippen LogP contribution in [0.4, 0.5) is 26.3 Å². The highest BCUT2D eigenvalue weighted by atomic mass is 28.3. The van der Waals surface area contributed by atoms with Gasteiger partial charge in [0.2, 0.25) is 0 Å². The molecular weight excluding hydrogens is 230 g/mol. The van der Waals surface area contributed by atoms with Crippen molar-refractivity contribution in [1.82, 2.24) is 0 Å². The van der Waals surface area contributed by atoms with Crippen LogP contribution in [0.1, 0.15) is 0 Å². The second-order valence-corrected chi connectivity index (χ2v) is 5.45. The van der Waals surface area contributed by atoms with Crippen molar-refractivity contribution in [3.05, 3.63) is 0 Å². The van der Waals surface area contributed by atoms with Crippen LogP contribution in [0.3, 0.4) is 0 Å². The fourth-order valence-electron chi connectivity index (χ4n) is 0.663. The lowest BCUT2D eigenvalue weighted by Gasteiger charge is -2.23. The van der Waals surface area contributed by atoms with Crippen molar-refractivity contribution in [2.75, 3.05) is 6.61 Å². The smallest absolute Gasteiger partial charge is 0.402 e. The summed E-state index contributed by atoms with van der Waals surface area (Å²) in [7, 11) is -1.87. The summed E-state index contributed by atoms with van der Waals surface area (Å²) in [6, 6.07) is 0. The molecule has 1 nitrogen and oxygen atoms in total. The van der Waals surface area contributed by atoms with Crippen molar-refractivity contribution in [1.29, 1.82) is 0 Å². The zero-order valence-electron chi connectivity index (χ0n) is 7.54. The summed E-state index contributed by atoms with van der Waals surface area (Å²) in [6.45, 7) is 1.69. The van der Waals surface area contributed by atoms with Gasteiger partial charge in [-0.3, -0.25) is 0 Å². The second kappa shape index (κ2) is 4.52. The Kier molecular flexibility index (Phi) is 4.44. The first kappa shape index (κ1) is 13.8. The molecule has 0 fully saturated rings. The van der Waals surface area contributed by atoms with Gasteiger partial charge in [-0.1, -0.05) is 0 Å². The van der Waals surface area contributed by atoms with Gasteiger partial charge in [0.25, 0.3) is 0 Å². The Morgan fingerprint density at radius 1 is 1.00 bits per heavy atom. The monoisotopic (exact) mass is 240 g/mol. The van der Waals surface area contributed by atoms with E-state index in [1.54, 1.807) is 0 Å². The number of hydrogen-bond acceptors (Lipinski definition) is 1. The van der Waals surface area contributed by atoms with E-state index in [1.807, 2.05) is 0 Å². The standard InChI is InChI=1S/C6H10F6OSi/c1-14(2)13-3-4(5(7,8)9)6(10,11)12/h4,14H,3H2,1-2H3. The Balaban J connectivity index is 4.44. The lowest BCUT2D eigenvalue weighted by molar-refractivity contribution is -0.289. The average molecular weight is 240 g/mol. The minimum absolute atomic E-state index is 1.32. The van der Waals surface area contributed by atoms with Crippen molar-refractivity contribution < 1.29 is 30.8 Å². The Morgan fingerprint density at radius 2 is 1.36 bits per heavy atom. The summed E-state index contributed by atoms with van der Waals surface area (Å²) < 4.78 is 75.7. The predicted octanol–water partition coefficient (Wildman–Crippen LogP) is 2.73. The van der Waals surface area contributed by atoms with E-state index in [0.29, 0.717) is 0 Å². The van der Waals surface area contributed by atoms with Crippen LogP contribution >= 0.6 is 0 Å². The van der Waals surface area contributed by atoms with Gasteiger partial charge in [0.15, 0.2) is 15.0 Å². The first-order valence-electron chi connectivity index (χ1n) is 3.80. The van der Waals surface area contributed by atoms with E-state index in [2.05, 4.69) is 4.43 Å². The van der Waals surface area contributed by atoms with Crippen LogP contribution in [0.5, 0.6) is 0 Å². The summed E-state index contributed by atoms with van der Waals surface area (Å²) in [5.74, 6) is -3.37. The van der Waals surface area contributed by atoms with Crippen LogP contribution in [-0.4, -0.2) is 28.0 Å². The third-order valence-corrected chi connectivity index (χ3v) is 2.25. The van der Waals surface area contributed by atoms with Gasteiger partial charge in [-0.05, 0) is 13.1 Å². The predicted molar refractivity (Wildman–Crippen MR) is 40.4 cm³/mol. The van der Waals surface area contributed by atoms with Crippen molar-refractivity contribution in [3.8, 4) is 0 Å². The first-order valence-corrected chi connectivity index (χ1v) is 6.58. The Morgan fingerprint density at radius 3 is 1.57 bits per heavy atom. The maximum absolute atomic E-state index is 11.9. The molecule has 0 aromatic heterocycles. The molecule has 0 saturated heterocycles. The molecule has 14 heavy (non-hydrogen) atoms. The van der Waals surface area contributed by atoms with Crippen molar-refractivity contribution in [2.24, 2.45) is 5.92 Å². The van der Waals surface area contributed by atoms with E-state index in [1.165, 1.54) is 13.1 Å². The maximum Gasteiger partial charge on any atom is 0.402 e. The molecule has 8 heteroatoms. The third kappa shape index (κ3) is 4.84. The Bertz CT molecular complexity index is 160. The molecule has 0 aromatic rings. The zero-order chi connectivity index (χ0) is 11.6. The molecule has 0 radical (unpaired) electrons. The second-order valence-electron chi connectivity index (χ2n) is 3.02. The van der Waals surface area contributed by atoms with E-state index in [-0.39, 0.29) is 0 Å². The molecule has 0 bridgehead atoms. The zero-order valence-corrected chi connectivity index (χ0v) is 8.69. The number of halogens is 6. The van der Waals surface area contributed by atoms with E-state index >= 15 is 0 Å². The maximum atomic E-state index is 11.9. The van der Waals surface area contributed by atoms with Crippen LogP contribution in [0.2, 0.25) is 13.1 Å². The van der Waals surface area contributed by atoms with Crippen LogP contribution in [0.15, 0.2) is 0 Å². The van der Waals surface area contributed by atoms with E-state index in [4.69, 9.17) is 0 Å². The Labute approximate surface area is 78.8 Å². The molecule has 0 saturated carbocycles. The molecule has 0 aliphatic carbocycles. The summed E-state index contributed by atoms with van der Waals surface area (Å²) in [5, 5.41) is 0. The highest BCUT2D eigenvalue weighted by Gasteiger charge is 2.56. The summed E-state index contributed by atoms with van der Waals surface area (Å²) in [5.41, 5.74) is 0. The summed E-state index contributed by atoms with van der Waals surface area (Å²) in [4.78, 5) is 0. The largest absolute Gasteiger partial charge is 0.420 e. The first-order chi connectivity index (χ1) is 6.05. The normalized spacial score (nSPS) is 14.1. The topological polar surface area (TPSA) is 9.23 Å². The fraction of sp³-hybridized carbons (Fsp3) is 1.00. The van der Waals surface area contributed by atoms with Crippen LogP contribution in [0.25, 0.3) is 0 Å². The van der Waals surface area contributed by atoms with E-state index < -0.39 is 33.9 Å². The van der Waals surface area contributed by atoms with Gasteiger partial charge in [-0.25, -0.2) is 0 Å². The molecule has 0 aliphatic rings. The molecule has 0 heterocycles. The van der Waals surface area contributed by atoms with Gasteiger partial charge in [0.05, 0.1) is 6.61 Å². The highest BCUT2D eigenvalue weighted by Crippen LogP contribution is 2.39. The summed E-state index contributed by atoms with van der Waals surface area (Å²) >= 11 is 0. The van der Waals surface area contributed by atoms with E-state index in [9.17, 15) is 26.3 Å². The molecule has 0 amide bonds. The van der Waals surface area contributed by atoms with Gasteiger partial charge >= 0.3 is 12.4 Å². The average Bonchev–Trinajstić information content (AvgIpc) is 1.78. The molecular formula is C6H10F6OSi. The molecule has 0 atom stereocenters. The molecule has 0 aromatic carbocycles. The van der Waals surface area contributed by atoms with Crippen molar-refractivity contribution in [2.45, 2.75) is 25.4 Å². The Hall–Kier alpha value is -0.243. The SMILES string of the molecule is C[SiH](C)OCC(C(F)(F)F)C(F)(F)F. The summed E-state index contributed by atoms with van der Waals surface area (Å²) in [6.07, 6.45) is -10.6. The number of hydrogen-bond donors (Lipinski definition) is 0. The lowest BCUT2D eigenvalue weighted by Crippen LogP contribution is -2.40. The molecule has 86 valence electrons. The van der Waals surface area contributed by atoms with Crippen LogP contribution in [0, 0.1) is 5.92 Å². The molecule has 0 unspecified atom stereocenters. The van der Waals surface area contributed by atoms with Gasteiger partial charge in [0.1, 0.15) is 0 Å². The van der Waals surface area contributed by atoms with Gasteiger partial charge in [-0.15, -0.1) is 0 Å². The van der Waals surface area contributed by atoms with Crippen molar-refractivity contribution in [3.63, 3.8) is 0 Å². The lowest BCUT2D eigenvalue weighted by atomic mass is 10.1. The molecule has 0 N–H and O–H groups in total.